The Morgan fingerprint density at radius 1 is 0.952 bits per heavy atom. The molecule has 0 aliphatic rings. The molecule has 21 heavy (non-hydrogen) atoms. The summed E-state index contributed by atoms with van der Waals surface area (Å²) in [5, 5.41) is 2.07. The largest absolute Gasteiger partial charge is 0.347 e. The van der Waals surface area contributed by atoms with E-state index in [1.807, 2.05) is 38.1 Å². The molecule has 0 bridgehead atoms. The van der Waals surface area contributed by atoms with Gasteiger partial charge in [0.15, 0.2) is 0 Å². The molecule has 0 radical (unpaired) electrons. The fourth-order valence-corrected chi connectivity index (χ4v) is 3.38. The zero-order chi connectivity index (χ0) is 15.4. The maximum atomic E-state index is 11.7. The van der Waals surface area contributed by atoms with Crippen molar-refractivity contribution in [1.82, 2.24) is 4.57 Å². The summed E-state index contributed by atoms with van der Waals surface area (Å²) in [5.74, 6) is -0.886. The minimum absolute atomic E-state index is 0.858. The average Bonchev–Trinajstić information content (AvgIpc) is 2.70. The van der Waals surface area contributed by atoms with Gasteiger partial charge < -0.3 is 14.4 Å². The van der Waals surface area contributed by atoms with Crippen LogP contribution in [0, 0.1) is 13.8 Å². The summed E-state index contributed by atoms with van der Waals surface area (Å²) in [6.45, 7) is 5.61. The molecule has 0 amide bonds. The zero-order valence-corrected chi connectivity index (χ0v) is 13.1. The Balaban J connectivity index is 2.49. The lowest BCUT2D eigenvalue weighted by Crippen LogP contribution is -2.05. The summed E-state index contributed by atoms with van der Waals surface area (Å²) >= 11 is 0. The van der Waals surface area contributed by atoms with Gasteiger partial charge >= 0.3 is 7.60 Å². The topological polar surface area (TPSA) is 62.5 Å². The second-order valence-corrected chi connectivity index (χ2v) is 7.56. The van der Waals surface area contributed by atoms with E-state index in [0.717, 1.165) is 32.9 Å². The maximum Gasteiger partial charge on any atom is 0.347 e. The summed E-state index contributed by atoms with van der Waals surface area (Å²) in [6.07, 6.45) is 0. The summed E-state index contributed by atoms with van der Waals surface area (Å²) in [4.78, 5) is 19.2. The second-order valence-electron chi connectivity index (χ2n) is 5.63. The number of rotatable bonds is 2. The number of fused-ring (bicyclic) bond motifs is 3. The molecule has 2 N–H and O–H groups in total. The molecule has 4 nitrogen and oxygen atoms in total. The van der Waals surface area contributed by atoms with Crippen LogP contribution >= 0.6 is 7.60 Å². The number of nitrogens with zero attached hydrogens (tertiary/aromatic N) is 1. The first-order valence-corrected chi connectivity index (χ1v) is 8.53. The fourth-order valence-electron chi connectivity index (χ4n) is 2.83. The van der Waals surface area contributed by atoms with Gasteiger partial charge in [-0.2, -0.15) is 0 Å². The molecule has 5 heteroatoms. The van der Waals surface area contributed by atoms with Crippen LogP contribution < -0.4 is 0 Å². The first-order chi connectivity index (χ1) is 9.79. The molecule has 1 aromatic heterocycles. The normalized spacial score (nSPS) is 14.0. The number of aryl methyl sites for hydroxylation is 2. The fraction of sp³-hybridized carbons (Fsp3) is 0.250. The molecular weight excluding hydrogens is 285 g/mol. The minimum atomic E-state index is -4.21. The van der Waals surface area contributed by atoms with E-state index in [2.05, 4.69) is 12.1 Å². The van der Waals surface area contributed by atoms with Crippen molar-refractivity contribution >= 4 is 29.4 Å². The van der Waals surface area contributed by atoms with Crippen molar-refractivity contribution in [3.8, 4) is 0 Å². The monoisotopic (exact) mass is 303 g/mol. The highest BCUT2D eigenvalue weighted by Crippen LogP contribution is 2.51. The van der Waals surface area contributed by atoms with Gasteiger partial charge in [-0.15, -0.1) is 0 Å². The van der Waals surface area contributed by atoms with Gasteiger partial charge in [0.2, 0.25) is 0 Å². The van der Waals surface area contributed by atoms with Crippen molar-refractivity contribution in [2.75, 3.05) is 0 Å². The van der Waals surface area contributed by atoms with Crippen LogP contribution in [0.4, 0.5) is 0 Å². The number of hydrogen-bond acceptors (Lipinski definition) is 1. The second kappa shape index (κ2) is 4.70. The predicted molar refractivity (Wildman–Crippen MR) is 85.7 cm³/mol. The van der Waals surface area contributed by atoms with Crippen LogP contribution in [-0.4, -0.2) is 14.4 Å². The summed E-state index contributed by atoms with van der Waals surface area (Å²) in [6, 6.07) is 12.0. The van der Waals surface area contributed by atoms with Crippen LogP contribution in [-0.2, 0) is 4.57 Å². The number of benzene rings is 2. The van der Waals surface area contributed by atoms with Crippen LogP contribution in [0.5, 0.6) is 0 Å². The van der Waals surface area contributed by atoms with E-state index >= 15 is 0 Å². The Morgan fingerprint density at radius 2 is 1.38 bits per heavy atom. The van der Waals surface area contributed by atoms with Crippen molar-refractivity contribution in [2.45, 2.75) is 26.6 Å². The van der Waals surface area contributed by atoms with Gasteiger partial charge in [0.1, 0.15) is 5.78 Å². The Kier molecular flexibility index (Phi) is 3.21. The van der Waals surface area contributed by atoms with Gasteiger partial charge in [-0.25, -0.2) is 0 Å². The third-order valence-electron chi connectivity index (χ3n) is 3.97. The number of aromatic nitrogens is 1. The van der Waals surface area contributed by atoms with Crippen LogP contribution in [0.3, 0.4) is 0 Å². The zero-order valence-electron chi connectivity index (χ0n) is 12.2. The standard InChI is InChI=1S/C16H18NO3P/c1-10-4-6-15-13(8-10)14-9-11(2)5-7-16(14)17(15)12(3)21(18,19)20/h4-9,12H,1-3H3,(H2,18,19,20). The summed E-state index contributed by atoms with van der Waals surface area (Å²) in [5.41, 5.74) is 3.98. The van der Waals surface area contributed by atoms with Gasteiger partial charge in [-0.1, -0.05) is 23.3 Å². The molecule has 0 saturated heterocycles. The lowest BCUT2D eigenvalue weighted by molar-refractivity contribution is 0.349. The van der Waals surface area contributed by atoms with Gasteiger partial charge in [-0.3, -0.25) is 4.57 Å². The van der Waals surface area contributed by atoms with Gasteiger partial charge in [0, 0.05) is 10.8 Å². The first kappa shape index (κ1) is 14.3. The molecular formula is C16H18NO3P. The predicted octanol–water partition coefficient (Wildman–Crippen LogP) is 4.11. The van der Waals surface area contributed by atoms with Crippen LogP contribution in [0.1, 0.15) is 23.8 Å². The Hall–Kier alpha value is -1.61. The molecule has 3 aromatic rings. The minimum Gasteiger partial charge on any atom is -0.325 e. The van der Waals surface area contributed by atoms with Crippen molar-refractivity contribution in [1.29, 1.82) is 0 Å². The highest BCUT2D eigenvalue weighted by Gasteiger charge is 2.28. The lowest BCUT2D eigenvalue weighted by Gasteiger charge is -2.18. The first-order valence-electron chi connectivity index (χ1n) is 6.85. The smallest absolute Gasteiger partial charge is 0.325 e. The quantitative estimate of drug-likeness (QED) is 0.700. The molecule has 1 unspecified atom stereocenters. The van der Waals surface area contributed by atoms with Gasteiger partial charge in [0.25, 0.3) is 0 Å². The van der Waals surface area contributed by atoms with E-state index in [1.54, 1.807) is 11.5 Å². The van der Waals surface area contributed by atoms with E-state index in [9.17, 15) is 14.4 Å². The Morgan fingerprint density at radius 3 is 1.76 bits per heavy atom. The van der Waals surface area contributed by atoms with Gasteiger partial charge in [-0.05, 0) is 45.0 Å². The van der Waals surface area contributed by atoms with Crippen molar-refractivity contribution < 1.29 is 14.4 Å². The van der Waals surface area contributed by atoms with E-state index in [1.165, 1.54) is 0 Å². The Labute approximate surface area is 123 Å². The molecule has 0 saturated carbocycles. The molecule has 1 atom stereocenters. The van der Waals surface area contributed by atoms with Crippen molar-refractivity contribution in [3.05, 3.63) is 47.5 Å². The van der Waals surface area contributed by atoms with Crippen LogP contribution in [0.25, 0.3) is 21.8 Å². The molecule has 0 aliphatic heterocycles. The van der Waals surface area contributed by atoms with Crippen LogP contribution in [0.15, 0.2) is 36.4 Å². The highest BCUT2D eigenvalue weighted by molar-refractivity contribution is 7.51. The average molecular weight is 303 g/mol. The van der Waals surface area contributed by atoms with Crippen molar-refractivity contribution in [3.63, 3.8) is 0 Å². The van der Waals surface area contributed by atoms with E-state index in [-0.39, 0.29) is 0 Å². The maximum absolute atomic E-state index is 11.7. The number of hydrogen-bond donors (Lipinski definition) is 2. The highest BCUT2D eigenvalue weighted by atomic mass is 31.2. The molecule has 0 spiro atoms. The van der Waals surface area contributed by atoms with Gasteiger partial charge in [0.05, 0.1) is 11.0 Å². The van der Waals surface area contributed by atoms with Crippen molar-refractivity contribution in [2.24, 2.45) is 0 Å². The van der Waals surface area contributed by atoms with E-state index < -0.39 is 13.4 Å². The molecule has 0 aliphatic carbocycles. The molecule has 3 rings (SSSR count). The summed E-state index contributed by atoms with van der Waals surface area (Å²) < 4.78 is 13.5. The molecule has 2 aromatic carbocycles. The Bertz CT molecular complexity index is 832. The lowest BCUT2D eigenvalue weighted by atomic mass is 10.1. The van der Waals surface area contributed by atoms with E-state index in [4.69, 9.17) is 0 Å². The SMILES string of the molecule is Cc1ccc2c(c1)c1cc(C)ccc1n2C(C)P(=O)(O)O. The van der Waals surface area contributed by atoms with Crippen LogP contribution in [0.2, 0.25) is 0 Å². The van der Waals surface area contributed by atoms with E-state index in [0.29, 0.717) is 0 Å². The molecule has 110 valence electrons. The summed E-state index contributed by atoms with van der Waals surface area (Å²) in [7, 11) is -4.21. The third-order valence-corrected chi connectivity index (χ3v) is 5.18. The molecule has 1 heterocycles. The third kappa shape index (κ3) is 2.30. The molecule has 0 fully saturated rings.